The molecular weight excluding hydrogens is 466 g/mol. The van der Waals surface area contributed by atoms with Crippen LogP contribution >= 0.6 is 11.3 Å². The minimum Gasteiger partial charge on any atom is -0.461 e. The van der Waals surface area contributed by atoms with Gasteiger partial charge in [0, 0.05) is 17.0 Å². The summed E-state index contributed by atoms with van der Waals surface area (Å²) in [7, 11) is 0. The number of pyridine rings is 1. The Morgan fingerprint density at radius 3 is 2.74 bits per heavy atom. The van der Waals surface area contributed by atoms with E-state index in [0.717, 1.165) is 16.9 Å². The second-order valence-electron chi connectivity index (χ2n) is 7.91. The van der Waals surface area contributed by atoms with E-state index in [-0.39, 0.29) is 17.7 Å². The lowest BCUT2D eigenvalue weighted by atomic mass is 10.2. The van der Waals surface area contributed by atoms with Crippen LogP contribution in [-0.4, -0.2) is 37.6 Å². The van der Waals surface area contributed by atoms with Crippen LogP contribution in [0, 0.1) is 13.8 Å². The lowest BCUT2D eigenvalue weighted by Gasteiger charge is -2.10. The van der Waals surface area contributed by atoms with Gasteiger partial charge in [-0.15, -0.1) is 11.3 Å². The second-order valence-corrected chi connectivity index (χ2v) is 8.79. The van der Waals surface area contributed by atoms with Crippen molar-refractivity contribution in [3.05, 3.63) is 87.0 Å². The van der Waals surface area contributed by atoms with Crippen LogP contribution in [0.4, 0.5) is 5.00 Å². The third-order valence-electron chi connectivity index (χ3n) is 5.51. The van der Waals surface area contributed by atoms with Crippen molar-refractivity contribution in [2.75, 3.05) is 11.9 Å². The van der Waals surface area contributed by atoms with Gasteiger partial charge in [0.15, 0.2) is 5.69 Å². The Kier molecular flexibility index (Phi) is 5.65. The molecule has 9 nitrogen and oxygen atoms in total. The number of nitrogens with one attached hydrogen (secondary N) is 1. The van der Waals surface area contributed by atoms with Crippen LogP contribution < -0.4 is 10.9 Å². The molecule has 4 aromatic heterocycles. The summed E-state index contributed by atoms with van der Waals surface area (Å²) in [6, 6.07) is 12.7. The fraction of sp³-hybridized carbons (Fsp3) is 0.160. The van der Waals surface area contributed by atoms with Crippen LogP contribution in [0.5, 0.6) is 0 Å². The van der Waals surface area contributed by atoms with Crippen molar-refractivity contribution in [1.82, 2.24) is 19.2 Å². The maximum absolute atomic E-state index is 13.6. The maximum Gasteiger partial charge on any atom is 0.359 e. The molecule has 1 aromatic carbocycles. The van der Waals surface area contributed by atoms with Gasteiger partial charge in [0.25, 0.3) is 11.5 Å². The number of imidazole rings is 1. The van der Waals surface area contributed by atoms with E-state index in [4.69, 9.17) is 4.74 Å². The summed E-state index contributed by atoms with van der Waals surface area (Å²) in [5.41, 5.74) is 2.54. The Labute approximate surface area is 203 Å². The summed E-state index contributed by atoms with van der Waals surface area (Å²) in [6.45, 7) is 5.51. The van der Waals surface area contributed by atoms with Crippen LogP contribution in [-0.2, 0) is 4.74 Å². The number of aryl methyl sites for hydroxylation is 2. The van der Waals surface area contributed by atoms with E-state index < -0.39 is 17.4 Å². The van der Waals surface area contributed by atoms with Crippen LogP contribution in [0.3, 0.4) is 0 Å². The number of hydrogen-bond acceptors (Lipinski definition) is 7. The molecule has 5 aromatic rings. The van der Waals surface area contributed by atoms with Gasteiger partial charge in [-0.25, -0.2) is 9.78 Å². The molecule has 0 aliphatic carbocycles. The molecule has 0 saturated heterocycles. The fourth-order valence-electron chi connectivity index (χ4n) is 3.98. The zero-order chi connectivity index (χ0) is 24.7. The SMILES string of the molecule is CCOC(=O)c1nn(-c2cccc(C)c2)c(=O)c2c(NC(=O)c3c(C)nc4ccccn34)scc12. The third kappa shape index (κ3) is 3.87. The smallest absolute Gasteiger partial charge is 0.359 e. The highest BCUT2D eigenvalue weighted by Crippen LogP contribution is 2.31. The van der Waals surface area contributed by atoms with Crippen LogP contribution in [0.15, 0.2) is 58.8 Å². The number of amides is 1. The lowest BCUT2D eigenvalue weighted by Crippen LogP contribution is -2.26. The quantitative estimate of drug-likeness (QED) is 0.373. The molecule has 1 N–H and O–H groups in total. The molecule has 10 heteroatoms. The van der Waals surface area contributed by atoms with Crippen LogP contribution in [0.2, 0.25) is 0 Å². The van der Waals surface area contributed by atoms with Gasteiger partial charge in [0.05, 0.1) is 23.4 Å². The number of ether oxygens (including phenoxy) is 1. The van der Waals surface area contributed by atoms with Crippen molar-refractivity contribution in [3.8, 4) is 5.69 Å². The number of carbonyl (C=O) groups excluding carboxylic acids is 2. The van der Waals surface area contributed by atoms with E-state index in [9.17, 15) is 14.4 Å². The molecular formula is C25H21N5O4S. The zero-order valence-electron chi connectivity index (χ0n) is 19.2. The number of thiophene rings is 1. The minimum absolute atomic E-state index is 0.00527. The summed E-state index contributed by atoms with van der Waals surface area (Å²) in [4.78, 5) is 44.1. The highest BCUT2D eigenvalue weighted by Gasteiger charge is 2.24. The number of esters is 1. The van der Waals surface area contributed by atoms with E-state index in [1.165, 1.54) is 4.68 Å². The summed E-state index contributed by atoms with van der Waals surface area (Å²) >= 11 is 1.15. The van der Waals surface area contributed by atoms with E-state index in [2.05, 4.69) is 15.4 Å². The Morgan fingerprint density at radius 1 is 1.14 bits per heavy atom. The van der Waals surface area contributed by atoms with Gasteiger partial charge < -0.3 is 10.1 Å². The second kappa shape index (κ2) is 8.80. The molecule has 0 bridgehead atoms. The summed E-state index contributed by atoms with van der Waals surface area (Å²) < 4.78 is 8.05. The van der Waals surface area contributed by atoms with Crippen molar-refractivity contribution in [2.45, 2.75) is 20.8 Å². The van der Waals surface area contributed by atoms with Crippen LogP contribution in [0.1, 0.15) is 39.2 Å². The normalized spacial score (nSPS) is 11.2. The molecule has 0 spiro atoms. The monoisotopic (exact) mass is 487 g/mol. The molecule has 0 aliphatic rings. The van der Waals surface area contributed by atoms with E-state index in [0.29, 0.717) is 33.1 Å². The predicted molar refractivity (Wildman–Crippen MR) is 134 cm³/mol. The Bertz CT molecular complexity index is 1680. The molecule has 1 amide bonds. The van der Waals surface area contributed by atoms with Crippen molar-refractivity contribution in [3.63, 3.8) is 0 Å². The molecule has 0 aliphatic heterocycles. The lowest BCUT2D eigenvalue weighted by molar-refractivity contribution is 0.0520. The highest BCUT2D eigenvalue weighted by atomic mass is 32.1. The number of aromatic nitrogens is 4. The Morgan fingerprint density at radius 2 is 1.97 bits per heavy atom. The molecule has 35 heavy (non-hydrogen) atoms. The topological polar surface area (TPSA) is 108 Å². The van der Waals surface area contributed by atoms with E-state index in [1.807, 2.05) is 31.2 Å². The van der Waals surface area contributed by atoms with Crippen molar-refractivity contribution in [1.29, 1.82) is 0 Å². The standard InChI is InChI=1S/C25H21N5O4S/c1-4-34-25(33)20-17-13-35-23(19(17)24(32)30(28-20)16-9-7-8-14(2)12-16)27-22(31)21-15(3)26-18-10-5-6-11-29(18)21/h5-13H,4H2,1-3H3,(H,27,31). The van der Waals surface area contributed by atoms with Gasteiger partial charge in [0.1, 0.15) is 16.3 Å². The first-order valence-electron chi connectivity index (χ1n) is 10.9. The number of anilines is 1. The van der Waals surface area contributed by atoms with E-state index in [1.54, 1.807) is 48.0 Å². The summed E-state index contributed by atoms with van der Waals surface area (Å²) in [6.07, 6.45) is 1.75. The van der Waals surface area contributed by atoms with Gasteiger partial charge in [-0.05, 0) is 50.6 Å². The summed E-state index contributed by atoms with van der Waals surface area (Å²) in [5, 5.41) is 9.65. The first-order chi connectivity index (χ1) is 16.9. The number of rotatable bonds is 5. The highest BCUT2D eigenvalue weighted by molar-refractivity contribution is 7.16. The Hall–Kier alpha value is -4.31. The van der Waals surface area contributed by atoms with Crippen molar-refractivity contribution >= 4 is 44.6 Å². The fourth-order valence-corrected chi connectivity index (χ4v) is 4.91. The van der Waals surface area contributed by atoms with Crippen molar-refractivity contribution < 1.29 is 14.3 Å². The van der Waals surface area contributed by atoms with Crippen LogP contribution in [0.25, 0.3) is 22.1 Å². The zero-order valence-corrected chi connectivity index (χ0v) is 20.0. The molecule has 0 saturated carbocycles. The molecule has 0 fully saturated rings. The van der Waals surface area contributed by atoms with Gasteiger partial charge in [-0.2, -0.15) is 9.78 Å². The number of nitrogens with zero attached hydrogens (tertiary/aromatic N) is 4. The Balaban J connectivity index is 1.68. The average Bonchev–Trinajstić information content (AvgIpc) is 3.40. The molecule has 4 heterocycles. The largest absolute Gasteiger partial charge is 0.461 e. The number of fused-ring (bicyclic) bond motifs is 2. The van der Waals surface area contributed by atoms with Gasteiger partial charge in [0.2, 0.25) is 0 Å². The number of hydrogen-bond donors (Lipinski definition) is 1. The van der Waals surface area contributed by atoms with Gasteiger partial charge in [-0.1, -0.05) is 18.2 Å². The maximum atomic E-state index is 13.6. The minimum atomic E-state index is -0.646. The molecule has 5 rings (SSSR count). The molecule has 0 unspecified atom stereocenters. The van der Waals surface area contributed by atoms with Crippen molar-refractivity contribution in [2.24, 2.45) is 0 Å². The first kappa shape index (κ1) is 22.5. The first-order valence-corrected chi connectivity index (χ1v) is 11.8. The molecule has 0 radical (unpaired) electrons. The van der Waals surface area contributed by atoms with Gasteiger partial charge >= 0.3 is 5.97 Å². The number of carbonyl (C=O) groups is 2. The predicted octanol–water partition coefficient (Wildman–Crippen LogP) is 4.14. The summed E-state index contributed by atoms with van der Waals surface area (Å²) in [5.74, 6) is -1.06. The molecule has 0 atom stereocenters. The van der Waals surface area contributed by atoms with E-state index >= 15 is 0 Å². The number of benzene rings is 1. The molecule has 176 valence electrons. The third-order valence-corrected chi connectivity index (χ3v) is 6.41. The van der Waals surface area contributed by atoms with Gasteiger partial charge in [-0.3, -0.25) is 14.0 Å². The average molecular weight is 488 g/mol.